The Hall–Kier alpha value is -3.29. The van der Waals surface area contributed by atoms with Gasteiger partial charge in [-0.2, -0.15) is 18.3 Å². The van der Waals surface area contributed by atoms with Crippen molar-refractivity contribution in [3.63, 3.8) is 0 Å². The molecule has 0 atom stereocenters. The largest absolute Gasteiger partial charge is 0.487 e. The molecule has 0 aliphatic heterocycles. The van der Waals surface area contributed by atoms with Gasteiger partial charge in [0.2, 0.25) is 0 Å². The maximum Gasteiger partial charge on any atom is 0.435 e. The zero-order valence-corrected chi connectivity index (χ0v) is 19.2. The van der Waals surface area contributed by atoms with E-state index in [0.29, 0.717) is 11.3 Å². The van der Waals surface area contributed by atoms with Crippen LogP contribution < -0.4 is 4.74 Å². The molecule has 0 amide bonds. The molecule has 0 saturated heterocycles. The van der Waals surface area contributed by atoms with Crippen molar-refractivity contribution in [2.75, 3.05) is 0 Å². The second-order valence-corrected chi connectivity index (χ2v) is 8.27. The van der Waals surface area contributed by atoms with E-state index in [1.54, 1.807) is 48.5 Å². The van der Waals surface area contributed by atoms with Gasteiger partial charge in [0.25, 0.3) is 0 Å². The van der Waals surface area contributed by atoms with Gasteiger partial charge < -0.3 is 4.74 Å². The van der Waals surface area contributed by atoms with Gasteiger partial charge in [0.15, 0.2) is 11.5 Å². The molecule has 4 rings (SSSR count). The summed E-state index contributed by atoms with van der Waals surface area (Å²) in [7, 11) is 0. The Morgan fingerprint density at radius 2 is 1.59 bits per heavy atom. The number of benzene rings is 3. The number of alkyl halides is 3. The van der Waals surface area contributed by atoms with Crippen LogP contribution in [0.3, 0.4) is 0 Å². The van der Waals surface area contributed by atoms with E-state index in [2.05, 4.69) is 5.10 Å². The molecule has 4 aromatic rings. The monoisotopic (exact) mass is 504 g/mol. The van der Waals surface area contributed by atoms with Gasteiger partial charge in [0.1, 0.15) is 18.0 Å². The highest BCUT2D eigenvalue weighted by Gasteiger charge is 2.35. The van der Waals surface area contributed by atoms with Crippen molar-refractivity contribution in [2.45, 2.75) is 19.7 Å². The first-order chi connectivity index (χ1) is 16.1. The molecule has 9 heteroatoms. The lowest BCUT2D eigenvalue weighted by Crippen LogP contribution is -2.09. The van der Waals surface area contributed by atoms with Crippen molar-refractivity contribution in [3.05, 3.63) is 99.8 Å². The molecule has 0 N–H and O–H groups in total. The summed E-state index contributed by atoms with van der Waals surface area (Å²) in [5.41, 5.74) is 1.51. The summed E-state index contributed by atoms with van der Waals surface area (Å²) in [4.78, 5) is 11.6. The molecule has 34 heavy (non-hydrogen) atoms. The molecule has 0 radical (unpaired) electrons. The summed E-state index contributed by atoms with van der Waals surface area (Å²) < 4.78 is 46.8. The number of aromatic nitrogens is 2. The van der Waals surface area contributed by atoms with E-state index in [1.165, 1.54) is 19.1 Å². The summed E-state index contributed by atoms with van der Waals surface area (Å²) in [5.74, 6) is 0.410. The molecule has 1 heterocycles. The Labute approximate surface area is 203 Å². The van der Waals surface area contributed by atoms with Crippen molar-refractivity contribution in [1.82, 2.24) is 9.78 Å². The van der Waals surface area contributed by atoms with Gasteiger partial charge in [-0.15, -0.1) is 0 Å². The Bertz CT molecular complexity index is 1330. The van der Waals surface area contributed by atoms with Gasteiger partial charge in [-0.1, -0.05) is 59.6 Å². The number of nitrogens with zero attached hydrogens (tertiary/aromatic N) is 2. The van der Waals surface area contributed by atoms with Gasteiger partial charge in [0.05, 0.1) is 15.7 Å². The average molecular weight is 505 g/mol. The summed E-state index contributed by atoms with van der Waals surface area (Å²) in [5, 5.41) is 3.99. The van der Waals surface area contributed by atoms with Crippen LogP contribution in [0.5, 0.6) is 5.75 Å². The molecule has 4 nitrogen and oxygen atoms in total. The predicted octanol–water partition coefficient (Wildman–Crippen LogP) is 7.65. The maximum absolute atomic E-state index is 13.3. The maximum atomic E-state index is 13.3. The Morgan fingerprint density at radius 1 is 0.941 bits per heavy atom. The molecule has 0 spiro atoms. The number of para-hydroxylation sites is 1. The number of carbonyl (C=O) groups is 1. The van der Waals surface area contributed by atoms with E-state index in [0.717, 1.165) is 21.9 Å². The summed E-state index contributed by atoms with van der Waals surface area (Å²) >= 11 is 12.4. The van der Waals surface area contributed by atoms with E-state index < -0.39 is 11.9 Å². The highest BCUT2D eigenvalue weighted by molar-refractivity contribution is 6.37. The number of Topliss-reactive ketones (excluding diaryl/α,β-unsaturated/α-hetero) is 1. The van der Waals surface area contributed by atoms with Crippen LogP contribution in [0.1, 0.15) is 28.7 Å². The van der Waals surface area contributed by atoms with Crippen LogP contribution >= 0.6 is 23.2 Å². The summed E-state index contributed by atoms with van der Waals surface area (Å²) in [6.07, 6.45) is -4.65. The van der Waals surface area contributed by atoms with E-state index in [-0.39, 0.29) is 33.8 Å². The lowest BCUT2D eigenvalue weighted by Gasteiger charge is -2.12. The zero-order chi connectivity index (χ0) is 24.5. The topological polar surface area (TPSA) is 44.1 Å². The Balaban J connectivity index is 1.60. The van der Waals surface area contributed by atoms with Crippen LogP contribution in [0.4, 0.5) is 13.2 Å². The van der Waals surface area contributed by atoms with Crippen LogP contribution in [0.15, 0.2) is 72.8 Å². The van der Waals surface area contributed by atoms with Gasteiger partial charge in [-0.05, 0) is 54.4 Å². The molecular weight excluding hydrogens is 488 g/mol. The number of rotatable bonds is 6. The zero-order valence-electron chi connectivity index (χ0n) is 17.7. The molecule has 174 valence electrons. The van der Waals surface area contributed by atoms with Crippen molar-refractivity contribution >= 4 is 29.0 Å². The molecule has 0 bridgehead atoms. The second kappa shape index (κ2) is 9.52. The van der Waals surface area contributed by atoms with E-state index in [1.807, 2.05) is 6.07 Å². The highest BCUT2D eigenvalue weighted by Crippen LogP contribution is 2.34. The number of ether oxygens (including phenoxy) is 1. The van der Waals surface area contributed by atoms with Crippen LogP contribution in [0.2, 0.25) is 10.0 Å². The van der Waals surface area contributed by atoms with E-state index in [9.17, 15) is 18.0 Å². The minimum Gasteiger partial charge on any atom is -0.487 e. The third kappa shape index (κ3) is 5.11. The number of hydrogen-bond acceptors (Lipinski definition) is 3. The first-order valence-corrected chi connectivity index (χ1v) is 10.8. The second-order valence-electron chi connectivity index (χ2n) is 7.45. The summed E-state index contributed by atoms with van der Waals surface area (Å²) in [6, 6.07) is 19.7. The third-order valence-corrected chi connectivity index (χ3v) is 5.68. The lowest BCUT2D eigenvalue weighted by molar-refractivity contribution is -0.141. The lowest BCUT2D eigenvalue weighted by atomic mass is 10.0. The number of carbonyl (C=O) groups excluding carboxylic acids is 1. The average Bonchev–Trinajstić information content (AvgIpc) is 3.22. The first kappa shape index (κ1) is 23.9. The number of hydrogen-bond donors (Lipinski definition) is 0. The van der Waals surface area contributed by atoms with Crippen molar-refractivity contribution in [3.8, 4) is 22.6 Å². The van der Waals surface area contributed by atoms with Crippen molar-refractivity contribution < 1.29 is 22.7 Å². The van der Waals surface area contributed by atoms with Gasteiger partial charge in [-0.3, -0.25) is 4.79 Å². The van der Waals surface area contributed by atoms with Crippen molar-refractivity contribution in [2.24, 2.45) is 0 Å². The SMILES string of the molecule is CC(=O)c1cccc(-c2ccc(OCc3cc(C(F)(F)F)nn3-c3c(Cl)cccc3Cl)cc2)c1. The van der Waals surface area contributed by atoms with Gasteiger partial charge in [0, 0.05) is 5.56 Å². The normalized spacial score (nSPS) is 11.5. The quantitative estimate of drug-likeness (QED) is 0.253. The fourth-order valence-electron chi connectivity index (χ4n) is 3.36. The van der Waals surface area contributed by atoms with Crippen LogP contribution in [-0.2, 0) is 12.8 Å². The fourth-order valence-corrected chi connectivity index (χ4v) is 3.92. The molecule has 0 unspecified atom stereocenters. The molecule has 0 saturated carbocycles. The third-order valence-electron chi connectivity index (χ3n) is 5.07. The van der Waals surface area contributed by atoms with Gasteiger partial charge in [-0.25, -0.2) is 4.68 Å². The van der Waals surface area contributed by atoms with E-state index >= 15 is 0 Å². The number of halogens is 5. The van der Waals surface area contributed by atoms with Crippen LogP contribution in [0.25, 0.3) is 16.8 Å². The highest BCUT2D eigenvalue weighted by atomic mass is 35.5. The standard InChI is InChI=1S/C25H17Cl2F3N2O2/c1-15(33)17-4-2-5-18(12-17)16-8-10-20(11-9-16)34-14-19-13-23(25(28,29)30)31-32(19)24-21(26)6-3-7-22(24)27/h2-13H,14H2,1H3. The minimum absolute atomic E-state index is 0.0322. The van der Waals surface area contributed by atoms with Crippen LogP contribution in [-0.4, -0.2) is 15.6 Å². The molecule has 3 aromatic carbocycles. The molecule has 0 aliphatic carbocycles. The van der Waals surface area contributed by atoms with E-state index in [4.69, 9.17) is 27.9 Å². The Morgan fingerprint density at radius 3 is 2.21 bits per heavy atom. The molecule has 0 aliphatic rings. The van der Waals surface area contributed by atoms with Crippen molar-refractivity contribution in [1.29, 1.82) is 0 Å². The minimum atomic E-state index is -4.65. The fraction of sp³-hybridized carbons (Fsp3) is 0.120. The predicted molar refractivity (Wildman–Crippen MR) is 125 cm³/mol. The molecule has 0 fully saturated rings. The molecular formula is C25H17Cl2F3N2O2. The Kier molecular flexibility index (Phi) is 6.68. The van der Waals surface area contributed by atoms with Crippen LogP contribution in [0, 0.1) is 0 Å². The molecule has 1 aromatic heterocycles. The number of ketones is 1. The first-order valence-electron chi connectivity index (χ1n) is 10.1. The smallest absolute Gasteiger partial charge is 0.435 e. The van der Waals surface area contributed by atoms with Gasteiger partial charge >= 0.3 is 6.18 Å². The summed E-state index contributed by atoms with van der Waals surface area (Å²) in [6.45, 7) is 1.30.